The highest BCUT2D eigenvalue weighted by atomic mass is 15.2. The van der Waals surface area contributed by atoms with Crippen LogP contribution in [0.15, 0.2) is 12.1 Å². The smallest absolute Gasteiger partial charge is 0.148 e. The van der Waals surface area contributed by atoms with E-state index in [-0.39, 0.29) is 0 Å². The predicted molar refractivity (Wildman–Crippen MR) is 52.5 cm³/mol. The van der Waals surface area contributed by atoms with Crippen molar-refractivity contribution in [2.45, 2.75) is 20.3 Å². The molecule has 1 fully saturated rings. The van der Waals surface area contributed by atoms with E-state index in [1.165, 1.54) is 6.42 Å². The third-order valence-electron chi connectivity index (χ3n) is 2.62. The van der Waals surface area contributed by atoms with Crippen molar-refractivity contribution in [2.75, 3.05) is 11.9 Å². The van der Waals surface area contributed by atoms with Crippen molar-refractivity contribution in [3.05, 3.63) is 17.8 Å². The maximum Gasteiger partial charge on any atom is 0.148 e. The summed E-state index contributed by atoms with van der Waals surface area (Å²) in [5, 5.41) is 11.3. The van der Waals surface area contributed by atoms with Gasteiger partial charge >= 0.3 is 0 Å². The van der Waals surface area contributed by atoms with Crippen LogP contribution in [0.2, 0.25) is 0 Å². The molecule has 1 aliphatic rings. The monoisotopic (exact) mass is 177 g/mol. The number of aromatic nitrogens is 2. The number of nitrogens with one attached hydrogen (secondary N) is 1. The molecule has 2 atom stereocenters. The Balaban J connectivity index is 1.84. The van der Waals surface area contributed by atoms with E-state index in [9.17, 15) is 0 Å². The number of aryl methyl sites for hydroxylation is 1. The lowest BCUT2D eigenvalue weighted by molar-refractivity contribution is 0.781. The van der Waals surface area contributed by atoms with Crippen LogP contribution in [0, 0.1) is 18.8 Å². The minimum Gasteiger partial charge on any atom is -0.368 e. The van der Waals surface area contributed by atoms with Crippen LogP contribution in [-0.4, -0.2) is 16.7 Å². The Labute approximate surface area is 78.6 Å². The van der Waals surface area contributed by atoms with E-state index in [0.717, 1.165) is 29.9 Å². The van der Waals surface area contributed by atoms with Crippen LogP contribution in [0.25, 0.3) is 0 Å². The van der Waals surface area contributed by atoms with Crippen LogP contribution in [0.4, 0.5) is 5.82 Å². The maximum absolute atomic E-state index is 4.04. The van der Waals surface area contributed by atoms with Crippen molar-refractivity contribution in [1.29, 1.82) is 0 Å². The summed E-state index contributed by atoms with van der Waals surface area (Å²) in [6.07, 6.45) is 1.35. The molecule has 13 heavy (non-hydrogen) atoms. The molecule has 0 bridgehead atoms. The first kappa shape index (κ1) is 8.48. The number of hydrogen-bond donors (Lipinski definition) is 1. The fraction of sp³-hybridized carbons (Fsp3) is 0.600. The average molecular weight is 177 g/mol. The fourth-order valence-electron chi connectivity index (χ4n) is 1.41. The molecule has 1 aliphatic carbocycles. The lowest BCUT2D eigenvalue weighted by atomic mass is 10.3. The van der Waals surface area contributed by atoms with E-state index in [2.05, 4.69) is 22.4 Å². The largest absolute Gasteiger partial charge is 0.368 e. The van der Waals surface area contributed by atoms with Gasteiger partial charge in [0.05, 0.1) is 5.69 Å². The van der Waals surface area contributed by atoms with Crippen LogP contribution >= 0.6 is 0 Å². The van der Waals surface area contributed by atoms with Gasteiger partial charge in [-0.15, -0.1) is 5.10 Å². The first-order valence-electron chi connectivity index (χ1n) is 4.80. The van der Waals surface area contributed by atoms with Crippen molar-refractivity contribution in [2.24, 2.45) is 11.8 Å². The van der Waals surface area contributed by atoms with Crippen LogP contribution in [-0.2, 0) is 0 Å². The van der Waals surface area contributed by atoms with Gasteiger partial charge in [0.25, 0.3) is 0 Å². The molecule has 0 saturated heterocycles. The summed E-state index contributed by atoms with van der Waals surface area (Å²) in [4.78, 5) is 0. The molecule has 0 aromatic carbocycles. The molecular weight excluding hydrogens is 162 g/mol. The van der Waals surface area contributed by atoms with E-state index < -0.39 is 0 Å². The molecule has 1 saturated carbocycles. The van der Waals surface area contributed by atoms with Gasteiger partial charge in [0.2, 0.25) is 0 Å². The van der Waals surface area contributed by atoms with E-state index >= 15 is 0 Å². The molecule has 2 unspecified atom stereocenters. The second-order valence-corrected chi connectivity index (χ2v) is 3.91. The number of rotatable bonds is 3. The zero-order valence-corrected chi connectivity index (χ0v) is 8.12. The molecule has 2 rings (SSSR count). The molecule has 70 valence electrons. The third-order valence-corrected chi connectivity index (χ3v) is 2.62. The minimum atomic E-state index is 0.850. The standard InChI is InChI=1S/C10H15N3/c1-7-5-9(7)6-11-10-4-3-8(2)12-13-10/h3-4,7,9H,5-6H2,1-2H3,(H,11,13). The highest BCUT2D eigenvalue weighted by molar-refractivity contribution is 5.32. The summed E-state index contributed by atoms with van der Waals surface area (Å²) >= 11 is 0. The van der Waals surface area contributed by atoms with E-state index in [1.54, 1.807) is 0 Å². The molecule has 1 aromatic heterocycles. The average Bonchev–Trinajstić information content (AvgIpc) is 2.81. The Morgan fingerprint density at radius 2 is 2.23 bits per heavy atom. The molecule has 3 nitrogen and oxygen atoms in total. The molecule has 0 aliphatic heterocycles. The number of anilines is 1. The van der Waals surface area contributed by atoms with Gasteiger partial charge in [0.15, 0.2) is 0 Å². The molecule has 0 spiro atoms. The Morgan fingerprint density at radius 3 is 2.77 bits per heavy atom. The molecule has 3 heteroatoms. The molecule has 1 heterocycles. The lowest BCUT2D eigenvalue weighted by Crippen LogP contribution is -2.06. The molecule has 1 N–H and O–H groups in total. The van der Waals surface area contributed by atoms with Gasteiger partial charge in [-0.05, 0) is 37.3 Å². The van der Waals surface area contributed by atoms with Crippen molar-refractivity contribution < 1.29 is 0 Å². The fourth-order valence-corrected chi connectivity index (χ4v) is 1.41. The lowest BCUT2D eigenvalue weighted by Gasteiger charge is -2.02. The Bertz CT molecular complexity index is 281. The molecule has 0 radical (unpaired) electrons. The second-order valence-electron chi connectivity index (χ2n) is 3.91. The topological polar surface area (TPSA) is 37.8 Å². The number of hydrogen-bond acceptors (Lipinski definition) is 3. The minimum absolute atomic E-state index is 0.850. The normalized spacial score (nSPS) is 25.7. The van der Waals surface area contributed by atoms with Crippen molar-refractivity contribution in [1.82, 2.24) is 10.2 Å². The Kier molecular flexibility index (Phi) is 2.17. The SMILES string of the molecule is Cc1ccc(NCC2CC2C)nn1. The molecular formula is C10H15N3. The zero-order valence-electron chi connectivity index (χ0n) is 8.12. The van der Waals surface area contributed by atoms with Crippen molar-refractivity contribution in [3.63, 3.8) is 0 Å². The van der Waals surface area contributed by atoms with Gasteiger partial charge in [0.1, 0.15) is 5.82 Å². The first-order valence-corrected chi connectivity index (χ1v) is 4.80. The second kappa shape index (κ2) is 3.32. The van der Waals surface area contributed by atoms with E-state index in [1.807, 2.05) is 19.1 Å². The van der Waals surface area contributed by atoms with Gasteiger partial charge in [0, 0.05) is 6.54 Å². The van der Waals surface area contributed by atoms with Crippen LogP contribution in [0.5, 0.6) is 0 Å². The predicted octanol–water partition coefficient (Wildman–Crippen LogP) is 1.85. The summed E-state index contributed by atoms with van der Waals surface area (Å²) in [5.74, 6) is 2.64. The van der Waals surface area contributed by atoms with Gasteiger partial charge < -0.3 is 5.32 Å². The van der Waals surface area contributed by atoms with Gasteiger partial charge in [-0.2, -0.15) is 5.10 Å². The van der Waals surface area contributed by atoms with Crippen LogP contribution < -0.4 is 5.32 Å². The maximum atomic E-state index is 4.04. The third kappa shape index (κ3) is 2.17. The molecule has 1 aromatic rings. The summed E-state index contributed by atoms with van der Waals surface area (Å²) < 4.78 is 0. The highest BCUT2D eigenvalue weighted by Gasteiger charge is 2.31. The highest BCUT2D eigenvalue weighted by Crippen LogP contribution is 2.37. The summed E-state index contributed by atoms with van der Waals surface area (Å²) in [7, 11) is 0. The Morgan fingerprint density at radius 1 is 1.46 bits per heavy atom. The van der Waals surface area contributed by atoms with Gasteiger partial charge in [-0.25, -0.2) is 0 Å². The van der Waals surface area contributed by atoms with Crippen LogP contribution in [0.3, 0.4) is 0 Å². The van der Waals surface area contributed by atoms with Gasteiger partial charge in [-0.1, -0.05) is 6.92 Å². The van der Waals surface area contributed by atoms with E-state index in [4.69, 9.17) is 0 Å². The summed E-state index contributed by atoms with van der Waals surface area (Å²) in [5.41, 5.74) is 0.963. The first-order chi connectivity index (χ1) is 6.25. The zero-order chi connectivity index (χ0) is 9.26. The molecule has 0 amide bonds. The van der Waals surface area contributed by atoms with Crippen molar-refractivity contribution >= 4 is 5.82 Å². The van der Waals surface area contributed by atoms with Crippen molar-refractivity contribution in [3.8, 4) is 0 Å². The van der Waals surface area contributed by atoms with Gasteiger partial charge in [-0.3, -0.25) is 0 Å². The summed E-state index contributed by atoms with van der Waals surface area (Å²) in [6.45, 7) is 5.27. The Hall–Kier alpha value is -1.12. The summed E-state index contributed by atoms with van der Waals surface area (Å²) in [6, 6.07) is 3.96. The van der Waals surface area contributed by atoms with E-state index in [0.29, 0.717) is 0 Å². The quantitative estimate of drug-likeness (QED) is 0.765. The number of nitrogens with zero attached hydrogens (tertiary/aromatic N) is 2. The van der Waals surface area contributed by atoms with Crippen LogP contribution in [0.1, 0.15) is 19.0 Å².